The van der Waals surface area contributed by atoms with Gasteiger partial charge in [0.05, 0.1) is 25.4 Å². The third kappa shape index (κ3) is 5.68. The fourth-order valence-electron chi connectivity index (χ4n) is 3.84. The number of nitrogens with zero attached hydrogens (tertiary/aromatic N) is 2. The zero-order chi connectivity index (χ0) is 23.2. The van der Waals surface area contributed by atoms with Crippen LogP contribution >= 0.6 is 0 Å². The summed E-state index contributed by atoms with van der Waals surface area (Å²) < 4.78 is 11.2. The van der Waals surface area contributed by atoms with Crippen LogP contribution in [-0.2, 0) is 14.3 Å². The molecule has 0 aromatic heterocycles. The van der Waals surface area contributed by atoms with Gasteiger partial charge >= 0.3 is 0 Å². The van der Waals surface area contributed by atoms with Crippen molar-refractivity contribution in [3.63, 3.8) is 0 Å². The van der Waals surface area contributed by atoms with Crippen molar-refractivity contribution in [1.82, 2.24) is 10.2 Å². The Morgan fingerprint density at radius 2 is 1.82 bits per heavy atom. The Morgan fingerprint density at radius 1 is 1.06 bits per heavy atom. The molecule has 0 radical (unpaired) electrons. The van der Waals surface area contributed by atoms with Gasteiger partial charge in [0.15, 0.2) is 6.10 Å². The third-order valence-electron chi connectivity index (χ3n) is 5.64. The molecule has 2 aromatic rings. The van der Waals surface area contributed by atoms with Gasteiger partial charge in [-0.15, -0.1) is 0 Å². The van der Waals surface area contributed by atoms with Crippen molar-refractivity contribution in [2.24, 2.45) is 0 Å². The van der Waals surface area contributed by atoms with E-state index in [4.69, 9.17) is 9.47 Å². The number of fused-ring (bicyclic) bond motifs is 1. The van der Waals surface area contributed by atoms with Crippen LogP contribution in [0.3, 0.4) is 0 Å². The predicted molar refractivity (Wildman–Crippen MR) is 124 cm³/mol. The lowest BCUT2D eigenvalue weighted by Gasteiger charge is -2.35. The Balaban J connectivity index is 1.37. The van der Waals surface area contributed by atoms with Crippen molar-refractivity contribution in [1.29, 1.82) is 0 Å². The average Bonchev–Trinajstić information content (AvgIpc) is 2.84. The van der Waals surface area contributed by atoms with Crippen molar-refractivity contribution in [3.05, 3.63) is 54.1 Å². The molecule has 0 saturated carbocycles. The van der Waals surface area contributed by atoms with Crippen molar-refractivity contribution >= 4 is 29.1 Å². The van der Waals surface area contributed by atoms with Crippen LogP contribution < -0.4 is 20.3 Å². The second kappa shape index (κ2) is 10.5. The molecule has 2 aliphatic rings. The first-order valence-corrected chi connectivity index (χ1v) is 11.1. The molecule has 1 atom stereocenters. The summed E-state index contributed by atoms with van der Waals surface area (Å²) in [6.45, 7) is 5.98. The van der Waals surface area contributed by atoms with Gasteiger partial charge in [0.2, 0.25) is 5.91 Å². The van der Waals surface area contributed by atoms with Crippen LogP contribution in [0.4, 0.5) is 11.4 Å². The molecule has 4 rings (SSSR count). The summed E-state index contributed by atoms with van der Waals surface area (Å²) in [6, 6.07) is 13.9. The Bertz CT molecular complexity index is 1010. The second-order valence-electron chi connectivity index (χ2n) is 7.98. The maximum atomic E-state index is 12.7. The number of benzene rings is 2. The molecule has 9 heteroatoms. The molecule has 1 saturated heterocycles. The van der Waals surface area contributed by atoms with Crippen molar-refractivity contribution in [2.45, 2.75) is 13.0 Å². The molecule has 2 aromatic carbocycles. The van der Waals surface area contributed by atoms with Gasteiger partial charge < -0.3 is 25.0 Å². The lowest BCUT2D eigenvalue weighted by molar-refractivity contribution is -0.125. The quantitative estimate of drug-likeness (QED) is 0.661. The SMILES string of the molecule is CC1Oc2cc(NC(=O)CNC(=O)c3ccccc3)ccc2N(CCN2CCOCC2)C1=O. The summed E-state index contributed by atoms with van der Waals surface area (Å²) in [5.74, 6) is -0.225. The van der Waals surface area contributed by atoms with E-state index in [0.717, 1.165) is 19.6 Å². The van der Waals surface area contributed by atoms with Crippen molar-refractivity contribution in [2.75, 3.05) is 56.2 Å². The van der Waals surface area contributed by atoms with Crippen molar-refractivity contribution in [3.8, 4) is 5.75 Å². The Kier molecular flexibility index (Phi) is 7.21. The minimum Gasteiger partial charge on any atom is -0.479 e. The zero-order valence-corrected chi connectivity index (χ0v) is 18.6. The highest BCUT2D eigenvalue weighted by molar-refractivity contribution is 6.01. The number of nitrogens with one attached hydrogen (secondary N) is 2. The fourth-order valence-corrected chi connectivity index (χ4v) is 3.84. The van der Waals surface area contributed by atoms with E-state index in [1.807, 2.05) is 6.07 Å². The highest BCUT2D eigenvalue weighted by Gasteiger charge is 2.32. The topological polar surface area (TPSA) is 100 Å². The molecule has 3 amide bonds. The minimum absolute atomic E-state index is 0.0869. The zero-order valence-electron chi connectivity index (χ0n) is 18.6. The van der Waals surface area contributed by atoms with E-state index in [-0.39, 0.29) is 24.3 Å². The van der Waals surface area contributed by atoms with E-state index in [9.17, 15) is 14.4 Å². The van der Waals surface area contributed by atoms with Gasteiger partial charge in [-0.3, -0.25) is 19.3 Å². The molecule has 0 spiro atoms. The number of amides is 3. The number of rotatable bonds is 7. The van der Waals surface area contributed by atoms with Crippen LogP contribution in [0.5, 0.6) is 5.75 Å². The monoisotopic (exact) mass is 452 g/mol. The maximum absolute atomic E-state index is 12.7. The van der Waals surface area contributed by atoms with E-state index >= 15 is 0 Å². The summed E-state index contributed by atoms with van der Waals surface area (Å²) in [6.07, 6.45) is -0.613. The van der Waals surface area contributed by atoms with Gasteiger partial charge in [-0.25, -0.2) is 0 Å². The van der Waals surface area contributed by atoms with E-state index in [2.05, 4.69) is 15.5 Å². The number of morpholine rings is 1. The maximum Gasteiger partial charge on any atom is 0.267 e. The van der Waals surface area contributed by atoms with E-state index in [1.54, 1.807) is 54.3 Å². The number of hydrogen-bond acceptors (Lipinski definition) is 6. The Hall–Kier alpha value is -3.43. The first-order chi connectivity index (χ1) is 16.0. The van der Waals surface area contributed by atoms with Gasteiger partial charge in [-0.2, -0.15) is 0 Å². The fraction of sp³-hybridized carbons (Fsp3) is 0.375. The van der Waals surface area contributed by atoms with Crippen LogP contribution in [0.2, 0.25) is 0 Å². The molecule has 1 unspecified atom stereocenters. The van der Waals surface area contributed by atoms with E-state index in [1.165, 1.54) is 0 Å². The van der Waals surface area contributed by atoms with Gasteiger partial charge in [-0.05, 0) is 31.2 Å². The summed E-state index contributed by atoms with van der Waals surface area (Å²) in [4.78, 5) is 41.2. The second-order valence-corrected chi connectivity index (χ2v) is 7.98. The molecule has 2 aliphatic heterocycles. The van der Waals surface area contributed by atoms with E-state index < -0.39 is 6.10 Å². The molecule has 1 fully saturated rings. The van der Waals surface area contributed by atoms with E-state index in [0.29, 0.717) is 42.4 Å². The van der Waals surface area contributed by atoms with Crippen LogP contribution in [-0.4, -0.2) is 74.7 Å². The molecule has 174 valence electrons. The van der Waals surface area contributed by atoms with Gasteiger partial charge in [0, 0.05) is 43.5 Å². The largest absolute Gasteiger partial charge is 0.479 e. The lowest BCUT2D eigenvalue weighted by Crippen LogP contribution is -2.48. The van der Waals surface area contributed by atoms with Crippen LogP contribution in [0.15, 0.2) is 48.5 Å². The van der Waals surface area contributed by atoms with Crippen molar-refractivity contribution < 1.29 is 23.9 Å². The average molecular weight is 453 g/mol. The number of ether oxygens (including phenoxy) is 2. The van der Waals surface area contributed by atoms with Crippen LogP contribution in [0, 0.1) is 0 Å². The summed E-state index contributed by atoms with van der Waals surface area (Å²) >= 11 is 0. The van der Waals surface area contributed by atoms with Gasteiger partial charge in [0.25, 0.3) is 11.8 Å². The highest BCUT2D eigenvalue weighted by Crippen LogP contribution is 2.36. The Labute approximate surface area is 192 Å². The molecule has 0 aliphatic carbocycles. The molecule has 9 nitrogen and oxygen atoms in total. The highest BCUT2D eigenvalue weighted by atomic mass is 16.5. The van der Waals surface area contributed by atoms with Gasteiger partial charge in [0.1, 0.15) is 5.75 Å². The minimum atomic E-state index is -0.613. The summed E-state index contributed by atoms with van der Waals surface area (Å²) in [7, 11) is 0. The first kappa shape index (κ1) is 22.8. The first-order valence-electron chi connectivity index (χ1n) is 11.1. The molecule has 0 bridgehead atoms. The smallest absolute Gasteiger partial charge is 0.267 e. The Morgan fingerprint density at radius 3 is 2.58 bits per heavy atom. The normalized spacial score (nSPS) is 18.3. The van der Waals surface area contributed by atoms with Crippen LogP contribution in [0.1, 0.15) is 17.3 Å². The third-order valence-corrected chi connectivity index (χ3v) is 5.64. The standard InChI is InChI=1S/C24H28N4O5/c1-17-24(31)28(10-9-27-11-13-32-14-12-27)20-8-7-19(15-21(20)33-17)26-22(29)16-25-23(30)18-5-3-2-4-6-18/h2-8,15,17H,9-14,16H2,1H3,(H,25,30)(H,26,29). The molecule has 2 heterocycles. The number of anilines is 2. The number of carbonyl (C=O) groups excluding carboxylic acids is 3. The number of carbonyl (C=O) groups is 3. The predicted octanol–water partition coefficient (Wildman–Crippen LogP) is 1.50. The number of hydrogen-bond donors (Lipinski definition) is 2. The van der Waals surface area contributed by atoms with Crippen LogP contribution in [0.25, 0.3) is 0 Å². The lowest BCUT2D eigenvalue weighted by atomic mass is 10.1. The molecule has 33 heavy (non-hydrogen) atoms. The van der Waals surface area contributed by atoms with Gasteiger partial charge in [-0.1, -0.05) is 18.2 Å². The molecular formula is C24H28N4O5. The molecular weight excluding hydrogens is 424 g/mol. The summed E-state index contributed by atoms with van der Waals surface area (Å²) in [5, 5.41) is 5.36. The molecule has 2 N–H and O–H groups in total. The summed E-state index contributed by atoms with van der Waals surface area (Å²) in [5.41, 5.74) is 1.70.